The van der Waals surface area contributed by atoms with Crippen molar-refractivity contribution in [3.63, 3.8) is 0 Å². The van der Waals surface area contributed by atoms with Gasteiger partial charge in [0, 0.05) is 6.61 Å². The van der Waals surface area contributed by atoms with Gasteiger partial charge in [-0.3, -0.25) is 0 Å². The highest BCUT2D eigenvalue weighted by atomic mass is 16.5. The Morgan fingerprint density at radius 1 is 1.29 bits per heavy atom. The van der Waals surface area contributed by atoms with Crippen LogP contribution in [-0.4, -0.2) is 30.9 Å². The van der Waals surface area contributed by atoms with Gasteiger partial charge in [0.05, 0.1) is 12.2 Å². The number of aromatic carboxylic acids is 1. The number of rotatable bonds is 11. The Morgan fingerprint density at radius 2 is 2.10 bits per heavy atom. The van der Waals surface area contributed by atoms with Crippen molar-refractivity contribution < 1.29 is 19.4 Å². The molecule has 1 aromatic carbocycles. The smallest absolute Gasteiger partial charge is 0.335 e. The number of carboxylic acid groups (broad SMARTS) is 1. The maximum absolute atomic E-state index is 10.8. The predicted octanol–water partition coefficient (Wildman–Crippen LogP) is 4.00. The molecule has 1 rings (SSSR count). The molecule has 21 heavy (non-hydrogen) atoms. The van der Waals surface area contributed by atoms with Gasteiger partial charge in [0.1, 0.15) is 12.4 Å². The highest BCUT2D eigenvalue weighted by Crippen LogP contribution is 2.14. The van der Waals surface area contributed by atoms with E-state index in [-0.39, 0.29) is 5.56 Å². The van der Waals surface area contributed by atoms with Crippen LogP contribution in [0.25, 0.3) is 0 Å². The fourth-order valence-corrected chi connectivity index (χ4v) is 2.09. The van der Waals surface area contributed by atoms with Crippen LogP contribution in [0.15, 0.2) is 24.3 Å². The van der Waals surface area contributed by atoms with Crippen LogP contribution < -0.4 is 4.74 Å². The molecule has 0 radical (unpaired) electrons. The topological polar surface area (TPSA) is 55.8 Å². The predicted molar refractivity (Wildman–Crippen MR) is 83.0 cm³/mol. The van der Waals surface area contributed by atoms with Gasteiger partial charge in [-0.1, -0.05) is 39.2 Å². The molecule has 0 aliphatic rings. The fraction of sp³-hybridized carbons (Fsp3) is 0.588. The van der Waals surface area contributed by atoms with Crippen LogP contribution in [0.5, 0.6) is 5.75 Å². The highest BCUT2D eigenvalue weighted by Gasteiger charge is 2.06. The molecule has 4 nitrogen and oxygen atoms in total. The van der Waals surface area contributed by atoms with Crippen LogP contribution in [-0.2, 0) is 4.74 Å². The molecule has 0 spiro atoms. The van der Waals surface area contributed by atoms with E-state index >= 15 is 0 Å². The summed E-state index contributed by atoms with van der Waals surface area (Å²) < 4.78 is 11.1. The van der Waals surface area contributed by atoms with E-state index in [9.17, 15) is 4.79 Å². The van der Waals surface area contributed by atoms with E-state index in [4.69, 9.17) is 14.6 Å². The van der Waals surface area contributed by atoms with E-state index in [1.807, 2.05) is 0 Å². The van der Waals surface area contributed by atoms with Crippen molar-refractivity contribution in [3.8, 4) is 5.75 Å². The Morgan fingerprint density at radius 3 is 2.76 bits per heavy atom. The molecule has 0 saturated heterocycles. The molecule has 0 fully saturated rings. The number of hydrogen-bond donors (Lipinski definition) is 1. The highest BCUT2D eigenvalue weighted by molar-refractivity contribution is 5.87. The normalized spacial score (nSPS) is 12.1. The molecule has 0 saturated carbocycles. The lowest BCUT2D eigenvalue weighted by Crippen LogP contribution is -2.13. The van der Waals surface area contributed by atoms with Crippen LogP contribution >= 0.6 is 0 Å². The van der Waals surface area contributed by atoms with Gasteiger partial charge in [-0.05, 0) is 30.5 Å². The number of carboxylic acids is 1. The molecule has 0 aromatic heterocycles. The molecule has 0 heterocycles. The monoisotopic (exact) mass is 294 g/mol. The van der Waals surface area contributed by atoms with E-state index in [0.29, 0.717) is 24.9 Å². The van der Waals surface area contributed by atoms with Gasteiger partial charge >= 0.3 is 5.97 Å². The van der Waals surface area contributed by atoms with Gasteiger partial charge in [0.15, 0.2) is 0 Å². The molecule has 0 amide bonds. The summed E-state index contributed by atoms with van der Waals surface area (Å²) >= 11 is 0. The summed E-state index contributed by atoms with van der Waals surface area (Å²) in [6.07, 6.45) is 4.83. The maximum atomic E-state index is 10.8. The minimum Gasteiger partial charge on any atom is -0.491 e. The summed E-state index contributed by atoms with van der Waals surface area (Å²) in [5.41, 5.74) is 0.235. The minimum absolute atomic E-state index is 0.235. The number of unbranched alkanes of at least 4 members (excludes halogenated alkanes) is 1. The van der Waals surface area contributed by atoms with E-state index < -0.39 is 5.97 Å². The van der Waals surface area contributed by atoms with Crippen molar-refractivity contribution in [3.05, 3.63) is 29.8 Å². The summed E-state index contributed by atoms with van der Waals surface area (Å²) in [4.78, 5) is 10.8. The maximum Gasteiger partial charge on any atom is 0.335 e. The fourth-order valence-electron chi connectivity index (χ4n) is 2.09. The average Bonchev–Trinajstić information content (AvgIpc) is 2.50. The lowest BCUT2D eigenvalue weighted by atomic mass is 10.0. The molecule has 4 heteroatoms. The Bertz CT molecular complexity index is 417. The van der Waals surface area contributed by atoms with Crippen LogP contribution in [0.4, 0.5) is 0 Å². The van der Waals surface area contributed by atoms with Gasteiger partial charge < -0.3 is 14.6 Å². The zero-order valence-corrected chi connectivity index (χ0v) is 13.0. The molecule has 1 aromatic rings. The number of ether oxygens (including phenoxy) is 2. The van der Waals surface area contributed by atoms with Crippen molar-refractivity contribution >= 4 is 5.97 Å². The molecule has 1 atom stereocenters. The number of benzene rings is 1. The molecule has 1 unspecified atom stereocenters. The van der Waals surface area contributed by atoms with E-state index in [1.165, 1.54) is 25.3 Å². The van der Waals surface area contributed by atoms with Crippen molar-refractivity contribution in [2.24, 2.45) is 5.92 Å². The van der Waals surface area contributed by atoms with Crippen molar-refractivity contribution in [1.29, 1.82) is 0 Å². The van der Waals surface area contributed by atoms with Gasteiger partial charge in [0.25, 0.3) is 0 Å². The number of carbonyl (C=O) groups is 1. The first kappa shape index (κ1) is 17.5. The third kappa shape index (κ3) is 7.14. The largest absolute Gasteiger partial charge is 0.491 e. The summed E-state index contributed by atoms with van der Waals surface area (Å²) in [5.74, 6) is 0.246. The van der Waals surface area contributed by atoms with Crippen LogP contribution in [0.1, 0.15) is 49.9 Å². The third-order valence-corrected chi connectivity index (χ3v) is 3.47. The zero-order chi connectivity index (χ0) is 15.5. The number of hydrogen-bond acceptors (Lipinski definition) is 3. The van der Waals surface area contributed by atoms with Gasteiger partial charge in [-0.25, -0.2) is 4.79 Å². The van der Waals surface area contributed by atoms with Gasteiger partial charge in [-0.2, -0.15) is 0 Å². The molecule has 118 valence electrons. The summed E-state index contributed by atoms with van der Waals surface area (Å²) in [5, 5.41) is 8.90. The molecule has 0 bridgehead atoms. The Labute approximate surface area is 127 Å². The first-order chi connectivity index (χ1) is 10.2. The second kappa shape index (κ2) is 10.2. The van der Waals surface area contributed by atoms with Crippen LogP contribution in [0, 0.1) is 5.92 Å². The van der Waals surface area contributed by atoms with E-state index in [0.717, 1.165) is 13.0 Å². The van der Waals surface area contributed by atoms with Crippen molar-refractivity contribution in [2.45, 2.75) is 39.5 Å². The summed E-state index contributed by atoms with van der Waals surface area (Å²) in [7, 11) is 0. The lowest BCUT2D eigenvalue weighted by molar-refractivity contribution is 0.0686. The van der Waals surface area contributed by atoms with Crippen molar-refractivity contribution in [2.75, 3.05) is 19.8 Å². The Balaban J connectivity index is 2.21. The molecular formula is C17H26O4. The average molecular weight is 294 g/mol. The van der Waals surface area contributed by atoms with E-state index in [1.54, 1.807) is 18.2 Å². The first-order valence-electron chi connectivity index (χ1n) is 7.71. The van der Waals surface area contributed by atoms with Gasteiger partial charge in [0.2, 0.25) is 0 Å². The summed E-state index contributed by atoms with van der Waals surface area (Å²) in [6, 6.07) is 6.50. The molecular weight excluding hydrogens is 268 g/mol. The van der Waals surface area contributed by atoms with Crippen molar-refractivity contribution in [1.82, 2.24) is 0 Å². The van der Waals surface area contributed by atoms with Crippen LogP contribution in [0.2, 0.25) is 0 Å². The van der Waals surface area contributed by atoms with Crippen LogP contribution in [0.3, 0.4) is 0 Å². The quantitative estimate of drug-likeness (QED) is 0.627. The minimum atomic E-state index is -0.946. The van der Waals surface area contributed by atoms with E-state index in [2.05, 4.69) is 13.8 Å². The molecule has 1 N–H and O–H groups in total. The molecule has 0 aliphatic heterocycles. The van der Waals surface area contributed by atoms with Gasteiger partial charge in [-0.15, -0.1) is 0 Å². The molecule has 0 aliphatic carbocycles. The first-order valence-corrected chi connectivity index (χ1v) is 7.71. The Hall–Kier alpha value is -1.55. The summed E-state index contributed by atoms with van der Waals surface area (Å²) in [6.45, 7) is 6.13. The Kier molecular flexibility index (Phi) is 8.51. The second-order valence-electron chi connectivity index (χ2n) is 5.17. The second-order valence-corrected chi connectivity index (χ2v) is 5.17. The third-order valence-electron chi connectivity index (χ3n) is 3.47. The zero-order valence-electron chi connectivity index (χ0n) is 13.0. The lowest BCUT2D eigenvalue weighted by Gasteiger charge is -2.15. The standard InChI is InChI=1S/C17H26O4/c1-3-5-7-14(4-2)13-20-10-11-21-16-9-6-8-15(12-16)17(18)19/h6,8-9,12,14H,3-5,7,10-11,13H2,1-2H3,(H,18,19). The SMILES string of the molecule is CCCCC(CC)COCCOc1cccc(C(=O)O)c1.